The van der Waals surface area contributed by atoms with Gasteiger partial charge in [-0.25, -0.2) is 0 Å². The van der Waals surface area contributed by atoms with Crippen LogP contribution in [0.5, 0.6) is 0 Å². The first-order chi connectivity index (χ1) is 5.57. The van der Waals surface area contributed by atoms with Gasteiger partial charge in [-0.1, -0.05) is 0 Å². The van der Waals surface area contributed by atoms with Crippen LogP contribution in [0.1, 0.15) is 6.92 Å². The van der Waals surface area contributed by atoms with Crippen molar-refractivity contribution in [3.05, 3.63) is 0 Å². The van der Waals surface area contributed by atoms with Crippen molar-refractivity contribution in [1.29, 1.82) is 0 Å². The third-order valence-corrected chi connectivity index (χ3v) is 2.02. The summed E-state index contributed by atoms with van der Waals surface area (Å²) < 4.78 is 4.73. The van der Waals surface area contributed by atoms with Gasteiger partial charge >= 0.3 is 0 Å². The second-order valence-corrected chi connectivity index (χ2v) is 2.87. The van der Waals surface area contributed by atoms with Gasteiger partial charge in [0.15, 0.2) is 6.29 Å². The van der Waals surface area contributed by atoms with Gasteiger partial charge in [0.25, 0.3) is 0 Å². The zero-order chi connectivity index (χ0) is 9.30. The Morgan fingerprint density at radius 3 is 2.33 bits per heavy atom. The van der Waals surface area contributed by atoms with Crippen LogP contribution in [0.3, 0.4) is 0 Å². The number of ketones is 1. The third-order valence-electron chi connectivity index (χ3n) is 2.02. The van der Waals surface area contributed by atoms with E-state index in [1.807, 2.05) is 0 Å². The highest BCUT2D eigenvalue weighted by Gasteiger charge is 2.44. The molecule has 0 aromatic rings. The maximum Gasteiger partial charge on any atom is 0.167 e. The topological polar surface area (TPSA) is 87.0 Å². The van der Waals surface area contributed by atoms with E-state index in [0.29, 0.717) is 0 Å². The van der Waals surface area contributed by atoms with Crippen molar-refractivity contribution >= 4 is 5.78 Å². The second kappa shape index (κ2) is 3.49. The van der Waals surface area contributed by atoms with Crippen LogP contribution in [0.2, 0.25) is 0 Å². The van der Waals surface area contributed by atoms with E-state index in [1.165, 1.54) is 6.92 Å². The largest absolute Gasteiger partial charge is 0.394 e. The van der Waals surface area contributed by atoms with Crippen molar-refractivity contribution in [2.45, 2.75) is 25.4 Å². The minimum atomic E-state index is -1.30. The Balaban J connectivity index is 2.70. The number of rotatable bonds is 2. The lowest BCUT2D eigenvalue weighted by molar-refractivity contribution is -0.139. The molecule has 0 unspecified atom stereocenters. The molecule has 70 valence electrons. The zero-order valence-electron chi connectivity index (χ0n) is 6.67. The van der Waals surface area contributed by atoms with Crippen molar-refractivity contribution in [1.82, 2.24) is 0 Å². The second-order valence-electron chi connectivity index (χ2n) is 2.87. The summed E-state index contributed by atoms with van der Waals surface area (Å²) in [4.78, 5) is 10.8. The number of carbonyl (C=O) groups excluding carboxylic acids is 1. The van der Waals surface area contributed by atoms with E-state index in [0.717, 1.165) is 0 Å². The standard InChI is InChI=1S/C7H12O5/c1-3(9)5-6(10)4(2-8)12-7(5)11/h4-8,10-11H,2H2,1H3/t4-,5+,6-,7+/m1/s1. The molecule has 1 fully saturated rings. The molecule has 1 heterocycles. The first kappa shape index (κ1) is 9.60. The quantitative estimate of drug-likeness (QED) is 0.465. The van der Waals surface area contributed by atoms with Gasteiger partial charge in [0, 0.05) is 0 Å². The summed E-state index contributed by atoms with van der Waals surface area (Å²) in [5.74, 6) is -1.27. The average molecular weight is 176 g/mol. The summed E-state index contributed by atoms with van der Waals surface area (Å²) >= 11 is 0. The Labute approximate surface area is 69.6 Å². The molecule has 1 rings (SSSR count). The van der Waals surface area contributed by atoms with E-state index in [-0.39, 0.29) is 5.78 Å². The maximum absolute atomic E-state index is 10.8. The molecule has 0 bridgehead atoms. The highest BCUT2D eigenvalue weighted by atomic mass is 16.6. The van der Waals surface area contributed by atoms with Gasteiger partial charge in [-0.2, -0.15) is 0 Å². The molecule has 3 N–H and O–H groups in total. The molecule has 12 heavy (non-hydrogen) atoms. The predicted molar refractivity (Wildman–Crippen MR) is 38.1 cm³/mol. The summed E-state index contributed by atoms with van der Waals surface area (Å²) in [5, 5.41) is 27.1. The lowest BCUT2D eigenvalue weighted by atomic mass is 9.97. The van der Waals surface area contributed by atoms with Gasteiger partial charge in [-0.3, -0.25) is 4.79 Å². The molecule has 0 spiro atoms. The first-order valence-corrected chi connectivity index (χ1v) is 3.71. The van der Waals surface area contributed by atoms with Crippen LogP contribution in [0.25, 0.3) is 0 Å². The monoisotopic (exact) mass is 176 g/mol. The number of hydrogen-bond acceptors (Lipinski definition) is 5. The zero-order valence-corrected chi connectivity index (χ0v) is 6.67. The van der Waals surface area contributed by atoms with Gasteiger partial charge in [0.05, 0.1) is 18.6 Å². The SMILES string of the molecule is CC(=O)[C@H]1[C@H](O)[C@@H](CO)O[C@@H]1O. The predicted octanol–water partition coefficient (Wildman–Crippen LogP) is -1.74. The molecule has 0 aliphatic carbocycles. The third kappa shape index (κ3) is 1.49. The van der Waals surface area contributed by atoms with E-state index in [9.17, 15) is 9.90 Å². The molecule has 1 aliphatic rings. The molecule has 0 radical (unpaired) electrons. The lowest BCUT2D eigenvalue weighted by Crippen LogP contribution is -2.33. The Bertz CT molecular complexity index is 181. The number of hydrogen-bond donors (Lipinski definition) is 3. The van der Waals surface area contributed by atoms with Crippen LogP contribution < -0.4 is 0 Å². The molecule has 0 amide bonds. The minimum Gasteiger partial charge on any atom is -0.394 e. The van der Waals surface area contributed by atoms with Crippen LogP contribution in [0, 0.1) is 5.92 Å². The molecule has 4 atom stereocenters. The van der Waals surface area contributed by atoms with Crippen LogP contribution in [0.4, 0.5) is 0 Å². The summed E-state index contributed by atoms with van der Waals surface area (Å²) in [7, 11) is 0. The van der Waals surface area contributed by atoms with Crippen molar-refractivity contribution in [2.24, 2.45) is 5.92 Å². The van der Waals surface area contributed by atoms with E-state index < -0.39 is 31.0 Å². The molecular weight excluding hydrogens is 164 g/mol. The highest BCUT2D eigenvalue weighted by Crippen LogP contribution is 2.25. The molecule has 5 nitrogen and oxygen atoms in total. The number of aliphatic hydroxyl groups is 3. The van der Waals surface area contributed by atoms with E-state index in [2.05, 4.69) is 0 Å². The van der Waals surface area contributed by atoms with Gasteiger partial charge in [0.1, 0.15) is 11.9 Å². The first-order valence-electron chi connectivity index (χ1n) is 3.71. The van der Waals surface area contributed by atoms with Crippen LogP contribution >= 0.6 is 0 Å². The van der Waals surface area contributed by atoms with E-state index in [4.69, 9.17) is 14.9 Å². The number of aliphatic hydroxyl groups excluding tert-OH is 3. The molecular formula is C7H12O5. The minimum absolute atomic E-state index is 0.342. The fraction of sp³-hybridized carbons (Fsp3) is 0.857. The van der Waals surface area contributed by atoms with Gasteiger partial charge < -0.3 is 20.1 Å². The van der Waals surface area contributed by atoms with Crippen molar-refractivity contribution in [2.75, 3.05) is 6.61 Å². The molecule has 0 aromatic heterocycles. The smallest absolute Gasteiger partial charge is 0.167 e. The fourth-order valence-corrected chi connectivity index (χ4v) is 1.34. The Morgan fingerprint density at radius 1 is 1.50 bits per heavy atom. The summed E-state index contributed by atoms with van der Waals surface area (Å²) in [6.07, 6.45) is -3.26. The van der Waals surface area contributed by atoms with Crippen LogP contribution in [0.15, 0.2) is 0 Å². The van der Waals surface area contributed by atoms with Gasteiger partial charge in [0.2, 0.25) is 0 Å². The Morgan fingerprint density at radius 2 is 2.08 bits per heavy atom. The number of carbonyl (C=O) groups is 1. The van der Waals surface area contributed by atoms with Crippen molar-refractivity contribution < 1.29 is 24.9 Å². The van der Waals surface area contributed by atoms with Crippen molar-refractivity contribution in [3.8, 4) is 0 Å². The molecule has 0 saturated carbocycles. The summed E-state index contributed by atoms with van der Waals surface area (Å²) in [6, 6.07) is 0. The molecule has 0 aromatic carbocycles. The maximum atomic E-state index is 10.8. The van der Waals surface area contributed by atoms with Crippen LogP contribution in [-0.2, 0) is 9.53 Å². The molecule has 1 aliphatic heterocycles. The lowest BCUT2D eigenvalue weighted by Gasteiger charge is -2.12. The number of Topliss-reactive ketones (excluding diaryl/α,β-unsaturated/α-hetero) is 1. The highest BCUT2D eigenvalue weighted by molar-refractivity contribution is 5.79. The Hall–Kier alpha value is -0.490. The fourth-order valence-electron chi connectivity index (χ4n) is 1.34. The van der Waals surface area contributed by atoms with Gasteiger partial charge in [-0.15, -0.1) is 0 Å². The Kier molecular flexibility index (Phi) is 2.79. The number of ether oxygens (including phenoxy) is 1. The van der Waals surface area contributed by atoms with E-state index in [1.54, 1.807) is 0 Å². The molecule has 1 saturated heterocycles. The average Bonchev–Trinajstić information content (AvgIpc) is 2.25. The normalized spacial score (nSPS) is 41.7. The van der Waals surface area contributed by atoms with E-state index >= 15 is 0 Å². The summed E-state index contributed by atoms with van der Waals surface area (Å²) in [5.41, 5.74) is 0. The summed E-state index contributed by atoms with van der Waals surface area (Å²) in [6.45, 7) is 0.863. The molecule has 5 heteroatoms. The van der Waals surface area contributed by atoms with Gasteiger partial charge in [-0.05, 0) is 6.92 Å². The van der Waals surface area contributed by atoms with Crippen molar-refractivity contribution in [3.63, 3.8) is 0 Å². The van der Waals surface area contributed by atoms with Crippen LogP contribution in [-0.4, -0.2) is 46.2 Å².